The van der Waals surface area contributed by atoms with E-state index < -0.39 is 0 Å². The van der Waals surface area contributed by atoms with E-state index in [2.05, 4.69) is 38.1 Å². The third-order valence-electron chi connectivity index (χ3n) is 6.15. The normalized spacial score (nSPS) is 30.3. The molecule has 0 N–H and O–H groups in total. The van der Waals surface area contributed by atoms with E-state index in [4.69, 9.17) is 9.47 Å². The van der Waals surface area contributed by atoms with E-state index >= 15 is 0 Å². The van der Waals surface area contributed by atoms with Gasteiger partial charge in [0, 0.05) is 0 Å². The van der Waals surface area contributed by atoms with Crippen molar-refractivity contribution in [2.24, 2.45) is 5.92 Å². The Bertz CT molecular complexity index is 485. The van der Waals surface area contributed by atoms with Crippen molar-refractivity contribution in [3.63, 3.8) is 0 Å². The van der Waals surface area contributed by atoms with Gasteiger partial charge in [0.2, 0.25) is 0 Å². The Morgan fingerprint density at radius 2 is 1.60 bits per heavy atom. The van der Waals surface area contributed by atoms with Gasteiger partial charge in [-0.3, -0.25) is 0 Å². The largest absolute Gasteiger partial charge is 0.373 e. The number of unbranched alkanes of at least 4 members (excludes halogenated alkanes) is 1. The molecule has 0 bridgehead atoms. The van der Waals surface area contributed by atoms with Crippen LogP contribution in [-0.4, -0.2) is 19.3 Å². The first kappa shape index (κ1) is 18.9. The predicted octanol–water partition coefficient (Wildman–Crippen LogP) is 6.41. The van der Waals surface area contributed by atoms with E-state index in [0.717, 1.165) is 24.9 Å². The summed E-state index contributed by atoms with van der Waals surface area (Å²) in [5, 5.41) is 0. The van der Waals surface area contributed by atoms with Crippen molar-refractivity contribution in [2.45, 2.75) is 89.8 Å². The first-order chi connectivity index (χ1) is 12.3. The standard InChI is InChI=1S/C23H36O2/c1-3-5-10-21-16-25-23(17-24-21)20-14-12-19(13-15-20)22-11-7-6-9-18(22)8-4-2/h12-15,18,21-23H,3-11,16-17H2,1-2H3. The first-order valence-corrected chi connectivity index (χ1v) is 10.6. The van der Waals surface area contributed by atoms with Crippen molar-refractivity contribution >= 4 is 0 Å². The fraction of sp³-hybridized carbons (Fsp3) is 0.739. The topological polar surface area (TPSA) is 18.5 Å². The minimum atomic E-state index is 0.115. The lowest BCUT2D eigenvalue weighted by Crippen LogP contribution is -2.31. The second kappa shape index (κ2) is 9.73. The van der Waals surface area contributed by atoms with Crippen LogP contribution in [0.5, 0.6) is 0 Å². The number of hydrogen-bond donors (Lipinski definition) is 0. The van der Waals surface area contributed by atoms with Crippen LogP contribution in [0.4, 0.5) is 0 Å². The molecule has 1 aliphatic heterocycles. The van der Waals surface area contributed by atoms with Gasteiger partial charge in [-0.1, -0.05) is 76.6 Å². The van der Waals surface area contributed by atoms with Gasteiger partial charge in [0.1, 0.15) is 6.10 Å². The Morgan fingerprint density at radius 1 is 0.840 bits per heavy atom. The lowest BCUT2D eigenvalue weighted by molar-refractivity contribution is -0.137. The maximum atomic E-state index is 6.09. The van der Waals surface area contributed by atoms with E-state index in [1.54, 1.807) is 5.56 Å². The van der Waals surface area contributed by atoms with Gasteiger partial charge in [-0.2, -0.15) is 0 Å². The third-order valence-corrected chi connectivity index (χ3v) is 6.15. The highest BCUT2D eigenvalue weighted by Crippen LogP contribution is 2.40. The molecule has 2 fully saturated rings. The van der Waals surface area contributed by atoms with Crippen molar-refractivity contribution in [2.75, 3.05) is 13.2 Å². The highest BCUT2D eigenvalue weighted by Gasteiger charge is 2.27. The zero-order valence-electron chi connectivity index (χ0n) is 16.2. The summed E-state index contributed by atoms with van der Waals surface area (Å²) in [6.07, 6.45) is 12.3. The molecule has 1 saturated heterocycles. The van der Waals surface area contributed by atoms with Gasteiger partial charge in [0.15, 0.2) is 0 Å². The SMILES string of the molecule is CCCCC1COC(c2ccc(C3CCCCC3CCC)cc2)CO1. The van der Waals surface area contributed by atoms with E-state index in [0.29, 0.717) is 12.7 Å². The molecular formula is C23H36O2. The Hall–Kier alpha value is -0.860. The Kier molecular flexibility index (Phi) is 7.36. The van der Waals surface area contributed by atoms with E-state index in [1.807, 2.05) is 0 Å². The molecule has 0 aromatic heterocycles. The highest BCUT2D eigenvalue weighted by atomic mass is 16.6. The fourth-order valence-electron chi connectivity index (χ4n) is 4.65. The molecule has 2 heteroatoms. The van der Waals surface area contributed by atoms with Gasteiger partial charge < -0.3 is 9.47 Å². The van der Waals surface area contributed by atoms with Gasteiger partial charge in [-0.15, -0.1) is 0 Å². The second-order valence-electron chi connectivity index (χ2n) is 8.03. The molecule has 3 rings (SSSR count). The molecular weight excluding hydrogens is 308 g/mol. The van der Waals surface area contributed by atoms with Crippen LogP contribution in [0.25, 0.3) is 0 Å². The summed E-state index contributed by atoms with van der Waals surface area (Å²) < 4.78 is 12.1. The molecule has 0 amide bonds. The van der Waals surface area contributed by atoms with Crippen LogP contribution in [0.1, 0.15) is 94.8 Å². The predicted molar refractivity (Wildman–Crippen MR) is 104 cm³/mol. The zero-order chi connectivity index (χ0) is 17.5. The molecule has 4 unspecified atom stereocenters. The summed E-state index contributed by atoms with van der Waals surface area (Å²) in [5.41, 5.74) is 2.82. The Morgan fingerprint density at radius 3 is 2.28 bits per heavy atom. The summed E-state index contributed by atoms with van der Waals surface area (Å²) in [6.45, 7) is 6.00. The number of benzene rings is 1. The Labute approximate surface area is 154 Å². The van der Waals surface area contributed by atoms with Crippen LogP contribution in [0.15, 0.2) is 24.3 Å². The molecule has 2 nitrogen and oxygen atoms in total. The summed E-state index contributed by atoms with van der Waals surface area (Å²) in [6, 6.07) is 9.29. The lowest BCUT2D eigenvalue weighted by Gasteiger charge is -2.33. The monoisotopic (exact) mass is 344 g/mol. The molecule has 1 heterocycles. The van der Waals surface area contributed by atoms with Crippen LogP contribution in [0, 0.1) is 5.92 Å². The highest BCUT2D eigenvalue weighted by molar-refractivity contribution is 5.28. The van der Waals surface area contributed by atoms with Gasteiger partial charge in [0.25, 0.3) is 0 Å². The average Bonchev–Trinajstić information content (AvgIpc) is 2.68. The van der Waals surface area contributed by atoms with Crippen molar-refractivity contribution in [3.8, 4) is 0 Å². The van der Waals surface area contributed by atoms with Gasteiger partial charge in [-0.05, 0) is 42.2 Å². The summed E-state index contributed by atoms with van der Waals surface area (Å²) >= 11 is 0. The minimum absolute atomic E-state index is 0.115. The number of hydrogen-bond acceptors (Lipinski definition) is 2. The lowest BCUT2D eigenvalue weighted by atomic mass is 9.73. The minimum Gasteiger partial charge on any atom is -0.373 e. The second-order valence-corrected chi connectivity index (χ2v) is 8.03. The van der Waals surface area contributed by atoms with Gasteiger partial charge >= 0.3 is 0 Å². The smallest absolute Gasteiger partial charge is 0.106 e. The molecule has 25 heavy (non-hydrogen) atoms. The molecule has 2 aliphatic rings. The summed E-state index contributed by atoms with van der Waals surface area (Å²) in [4.78, 5) is 0. The summed E-state index contributed by atoms with van der Waals surface area (Å²) in [5.74, 6) is 1.66. The molecule has 4 atom stereocenters. The Balaban J connectivity index is 1.57. The first-order valence-electron chi connectivity index (χ1n) is 10.6. The van der Waals surface area contributed by atoms with Crippen molar-refractivity contribution in [3.05, 3.63) is 35.4 Å². The molecule has 0 radical (unpaired) electrons. The maximum absolute atomic E-state index is 6.09. The molecule has 140 valence electrons. The molecule has 1 aromatic carbocycles. The van der Waals surface area contributed by atoms with E-state index in [9.17, 15) is 0 Å². The van der Waals surface area contributed by atoms with Crippen molar-refractivity contribution in [1.82, 2.24) is 0 Å². The quantitative estimate of drug-likeness (QED) is 0.569. The third kappa shape index (κ3) is 5.08. The molecule has 1 saturated carbocycles. The number of rotatable bonds is 7. The van der Waals surface area contributed by atoms with Crippen LogP contribution >= 0.6 is 0 Å². The van der Waals surface area contributed by atoms with Crippen LogP contribution < -0.4 is 0 Å². The van der Waals surface area contributed by atoms with Crippen molar-refractivity contribution < 1.29 is 9.47 Å². The van der Waals surface area contributed by atoms with Gasteiger partial charge in [0.05, 0.1) is 19.3 Å². The maximum Gasteiger partial charge on any atom is 0.106 e. The summed E-state index contributed by atoms with van der Waals surface area (Å²) in [7, 11) is 0. The van der Waals surface area contributed by atoms with Crippen molar-refractivity contribution in [1.29, 1.82) is 0 Å². The molecule has 1 aromatic rings. The molecule has 1 aliphatic carbocycles. The molecule has 0 spiro atoms. The van der Waals surface area contributed by atoms with E-state index in [-0.39, 0.29) is 6.10 Å². The number of ether oxygens (including phenoxy) is 2. The van der Waals surface area contributed by atoms with E-state index in [1.165, 1.54) is 56.9 Å². The van der Waals surface area contributed by atoms with Crippen LogP contribution in [-0.2, 0) is 9.47 Å². The zero-order valence-corrected chi connectivity index (χ0v) is 16.2. The van der Waals surface area contributed by atoms with Crippen LogP contribution in [0.2, 0.25) is 0 Å². The van der Waals surface area contributed by atoms with Gasteiger partial charge in [-0.25, -0.2) is 0 Å². The fourth-order valence-corrected chi connectivity index (χ4v) is 4.65. The average molecular weight is 345 g/mol. The van der Waals surface area contributed by atoms with Crippen LogP contribution in [0.3, 0.4) is 0 Å².